The fourth-order valence-electron chi connectivity index (χ4n) is 3.33. The van der Waals surface area contributed by atoms with Crippen LogP contribution in [0.2, 0.25) is 0 Å². The molecule has 1 fully saturated rings. The van der Waals surface area contributed by atoms with E-state index in [-0.39, 0.29) is 0 Å². The van der Waals surface area contributed by atoms with Crippen LogP contribution < -0.4 is 0 Å². The number of allylic oxidation sites excluding steroid dienone is 2. The summed E-state index contributed by atoms with van der Waals surface area (Å²) in [5, 5.41) is 0. The van der Waals surface area contributed by atoms with Gasteiger partial charge in [0.05, 0.1) is 6.04 Å². The van der Waals surface area contributed by atoms with Crippen LogP contribution in [0, 0.1) is 11.8 Å². The Labute approximate surface area is 106 Å². The quantitative estimate of drug-likeness (QED) is 0.499. The average Bonchev–Trinajstić information content (AvgIpc) is 2.39. The molecule has 0 radical (unpaired) electrons. The van der Waals surface area contributed by atoms with E-state index in [0.29, 0.717) is 6.04 Å². The van der Waals surface area contributed by atoms with Crippen molar-refractivity contribution in [3.8, 4) is 0 Å². The molecule has 0 aliphatic heterocycles. The molecular formula is C16H25N. The third-order valence-electron chi connectivity index (χ3n) is 4.63. The van der Waals surface area contributed by atoms with Crippen LogP contribution in [-0.4, -0.2) is 12.8 Å². The molecule has 1 atom stereocenters. The van der Waals surface area contributed by atoms with Crippen LogP contribution >= 0.6 is 0 Å². The first-order valence-electron chi connectivity index (χ1n) is 7.01. The first-order valence-corrected chi connectivity index (χ1v) is 7.01. The third-order valence-corrected chi connectivity index (χ3v) is 4.63. The van der Waals surface area contributed by atoms with Gasteiger partial charge in [0.1, 0.15) is 0 Å². The Morgan fingerprint density at radius 3 is 2.41 bits per heavy atom. The minimum atomic E-state index is 0.491. The fraction of sp³-hybridized carbons (Fsp3) is 0.688. The van der Waals surface area contributed by atoms with E-state index in [9.17, 15) is 0 Å². The zero-order chi connectivity index (χ0) is 12.3. The molecule has 94 valence electrons. The molecule has 1 saturated carbocycles. The van der Waals surface area contributed by atoms with Crippen molar-refractivity contribution >= 4 is 6.72 Å². The van der Waals surface area contributed by atoms with Gasteiger partial charge in [0.25, 0.3) is 0 Å². The normalized spacial score (nSPS) is 33.9. The zero-order valence-electron chi connectivity index (χ0n) is 11.1. The molecule has 0 N–H and O–H groups in total. The minimum Gasteiger partial charge on any atom is -0.297 e. The number of hydrogen-bond acceptors (Lipinski definition) is 1. The molecule has 0 heterocycles. The van der Waals surface area contributed by atoms with Crippen molar-refractivity contribution in [3.63, 3.8) is 0 Å². The molecule has 1 nitrogen and oxygen atoms in total. The molecule has 0 bridgehead atoms. The Morgan fingerprint density at radius 1 is 1.24 bits per heavy atom. The van der Waals surface area contributed by atoms with Crippen LogP contribution in [0.3, 0.4) is 0 Å². The van der Waals surface area contributed by atoms with Gasteiger partial charge in [-0.05, 0) is 70.4 Å². The molecule has 1 heteroatoms. The van der Waals surface area contributed by atoms with Crippen molar-refractivity contribution in [1.82, 2.24) is 0 Å². The molecule has 2 aliphatic carbocycles. The maximum Gasteiger partial charge on any atom is 0.0530 e. The summed E-state index contributed by atoms with van der Waals surface area (Å²) in [6.07, 6.45) is 11.5. The van der Waals surface area contributed by atoms with Gasteiger partial charge >= 0.3 is 0 Å². The predicted octanol–water partition coefficient (Wildman–Crippen LogP) is 4.55. The van der Waals surface area contributed by atoms with E-state index in [2.05, 4.69) is 31.3 Å². The summed E-state index contributed by atoms with van der Waals surface area (Å²) in [4.78, 5) is 4.16. The number of aliphatic imine (C=N–C) groups is 1. The Bertz CT molecular complexity index is 318. The summed E-state index contributed by atoms with van der Waals surface area (Å²) in [6, 6.07) is 0.491. The number of nitrogens with zero attached hydrogens (tertiary/aromatic N) is 1. The Morgan fingerprint density at radius 2 is 1.94 bits per heavy atom. The van der Waals surface area contributed by atoms with Gasteiger partial charge in [0, 0.05) is 0 Å². The summed E-state index contributed by atoms with van der Waals surface area (Å²) >= 11 is 0. The van der Waals surface area contributed by atoms with Gasteiger partial charge < -0.3 is 0 Å². The second-order valence-electron chi connectivity index (χ2n) is 5.78. The van der Waals surface area contributed by atoms with Crippen molar-refractivity contribution in [3.05, 3.63) is 23.8 Å². The highest BCUT2D eigenvalue weighted by atomic mass is 14.7. The number of hydrogen-bond donors (Lipinski definition) is 0. The van der Waals surface area contributed by atoms with Crippen LogP contribution in [-0.2, 0) is 0 Å². The molecule has 0 saturated heterocycles. The maximum atomic E-state index is 4.16. The van der Waals surface area contributed by atoms with Crippen molar-refractivity contribution < 1.29 is 0 Å². The molecule has 0 aromatic carbocycles. The van der Waals surface area contributed by atoms with Crippen LogP contribution in [0.4, 0.5) is 0 Å². The smallest absolute Gasteiger partial charge is 0.0530 e. The lowest BCUT2D eigenvalue weighted by Gasteiger charge is -2.32. The molecule has 0 aromatic heterocycles. The summed E-state index contributed by atoms with van der Waals surface area (Å²) in [6.45, 7) is 9.95. The standard InChI is InChI=1S/C16H25N/c1-12(2)13-4-6-14(7-5-13)15-8-10-16(17-3)11-9-15/h8,13-14,16H,1,3-7,9-11H2,2H3. The summed E-state index contributed by atoms with van der Waals surface area (Å²) in [5.74, 6) is 1.65. The summed E-state index contributed by atoms with van der Waals surface area (Å²) < 4.78 is 0. The van der Waals surface area contributed by atoms with Crippen molar-refractivity contribution in [1.29, 1.82) is 0 Å². The molecule has 17 heavy (non-hydrogen) atoms. The average molecular weight is 231 g/mol. The van der Waals surface area contributed by atoms with Gasteiger partial charge in [-0.25, -0.2) is 0 Å². The van der Waals surface area contributed by atoms with Gasteiger partial charge in [-0.3, -0.25) is 4.99 Å². The summed E-state index contributed by atoms with van der Waals surface area (Å²) in [7, 11) is 0. The number of rotatable bonds is 3. The van der Waals surface area contributed by atoms with Crippen molar-refractivity contribution in [2.24, 2.45) is 16.8 Å². The van der Waals surface area contributed by atoms with Crippen molar-refractivity contribution in [2.75, 3.05) is 0 Å². The predicted molar refractivity (Wildman–Crippen MR) is 75.5 cm³/mol. The fourth-order valence-corrected chi connectivity index (χ4v) is 3.33. The molecule has 0 amide bonds. The molecule has 0 aromatic rings. The van der Waals surface area contributed by atoms with Crippen LogP contribution in [0.5, 0.6) is 0 Å². The molecular weight excluding hydrogens is 206 g/mol. The molecule has 2 rings (SSSR count). The monoisotopic (exact) mass is 231 g/mol. The lowest BCUT2D eigenvalue weighted by Crippen LogP contribution is -2.19. The van der Waals surface area contributed by atoms with Crippen LogP contribution in [0.15, 0.2) is 28.8 Å². The van der Waals surface area contributed by atoms with E-state index in [1.54, 1.807) is 5.57 Å². The topological polar surface area (TPSA) is 12.4 Å². The first-order chi connectivity index (χ1) is 8.20. The second kappa shape index (κ2) is 5.66. The summed E-state index contributed by atoms with van der Waals surface area (Å²) in [5.41, 5.74) is 3.10. The highest BCUT2D eigenvalue weighted by Crippen LogP contribution is 2.39. The van der Waals surface area contributed by atoms with Gasteiger partial charge in [-0.2, -0.15) is 0 Å². The molecule has 0 spiro atoms. The third kappa shape index (κ3) is 3.08. The second-order valence-corrected chi connectivity index (χ2v) is 5.78. The largest absolute Gasteiger partial charge is 0.297 e. The van der Waals surface area contributed by atoms with Crippen LogP contribution in [0.25, 0.3) is 0 Å². The van der Waals surface area contributed by atoms with E-state index in [4.69, 9.17) is 0 Å². The van der Waals surface area contributed by atoms with Crippen molar-refractivity contribution in [2.45, 2.75) is 57.9 Å². The lowest BCUT2D eigenvalue weighted by atomic mass is 9.74. The SMILES string of the molecule is C=NC1CC=C(C2CCC(C(=C)C)CC2)CC1. The molecule has 2 aliphatic rings. The van der Waals surface area contributed by atoms with E-state index in [1.165, 1.54) is 44.1 Å². The van der Waals surface area contributed by atoms with E-state index in [0.717, 1.165) is 18.3 Å². The lowest BCUT2D eigenvalue weighted by molar-refractivity contribution is 0.323. The van der Waals surface area contributed by atoms with Gasteiger partial charge in [0.2, 0.25) is 0 Å². The van der Waals surface area contributed by atoms with E-state index in [1.807, 2.05) is 0 Å². The van der Waals surface area contributed by atoms with Gasteiger partial charge in [-0.1, -0.05) is 23.8 Å². The zero-order valence-corrected chi connectivity index (χ0v) is 11.1. The highest BCUT2D eigenvalue weighted by molar-refractivity contribution is 5.25. The van der Waals surface area contributed by atoms with E-state index < -0.39 is 0 Å². The Balaban J connectivity index is 1.87. The highest BCUT2D eigenvalue weighted by Gasteiger charge is 2.25. The first kappa shape index (κ1) is 12.6. The van der Waals surface area contributed by atoms with Crippen LogP contribution in [0.1, 0.15) is 51.9 Å². The van der Waals surface area contributed by atoms with Gasteiger partial charge in [-0.15, -0.1) is 0 Å². The molecule has 1 unspecified atom stereocenters. The van der Waals surface area contributed by atoms with Gasteiger partial charge in [0.15, 0.2) is 0 Å². The minimum absolute atomic E-state index is 0.491. The Hall–Kier alpha value is -0.850. The van der Waals surface area contributed by atoms with E-state index >= 15 is 0 Å². The maximum absolute atomic E-state index is 4.16. The Kier molecular flexibility index (Phi) is 4.20.